The zero-order valence-corrected chi connectivity index (χ0v) is 9.13. The average Bonchev–Trinajstić information content (AvgIpc) is 2.70. The van der Waals surface area contributed by atoms with Gasteiger partial charge in [-0.3, -0.25) is 0 Å². The molecule has 16 heavy (non-hydrogen) atoms. The molecule has 0 saturated carbocycles. The monoisotopic (exact) mass is 219 g/mol. The minimum Gasteiger partial charge on any atom is -0.359 e. The van der Waals surface area contributed by atoms with E-state index < -0.39 is 0 Å². The maximum Gasteiger partial charge on any atom is 0.183 e. The molecule has 0 unspecified atom stereocenters. The molecule has 6 nitrogen and oxygen atoms in total. The minimum absolute atomic E-state index is 0.522. The number of anilines is 1. The quantitative estimate of drug-likeness (QED) is 0.704. The summed E-state index contributed by atoms with van der Waals surface area (Å²) in [5.41, 5.74) is 1.69. The molecule has 0 aromatic carbocycles. The third kappa shape index (κ3) is 1.34. The van der Waals surface area contributed by atoms with E-state index in [4.69, 9.17) is 4.74 Å². The second kappa shape index (κ2) is 3.71. The molecule has 1 aliphatic heterocycles. The Balaban J connectivity index is 2.25. The van der Waals surface area contributed by atoms with E-state index in [0.29, 0.717) is 13.3 Å². The first-order chi connectivity index (χ1) is 7.90. The second-order valence-corrected chi connectivity index (χ2v) is 3.70. The lowest BCUT2D eigenvalue weighted by Gasteiger charge is -2.25. The molecule has 0 saturated heterocycles. The molecule has 3 rings (SSSR count). The first kappa shape index (κ1) is 9.53. The molecule has 0 fully saturated rings. The molecule has 84 valence electrons. The Hall–Kier alpha value is -1.69. The van der Waals surface area contributed by atoms with E-state index in [2.05, 4.69) is 26.8 Å². The molecule has 0 N–H and O–H groups in total. The summed E-state index contributed by atoms with van der Waals surface area (Å²) in [6.07, 6.45) is 3.32. The standard InChI is InChI=1S/C10H13N5O/c1-2-14-3-4-16-7-15-6-13-9-8(15)10(14)12-5-11-9/h5-6H,2-4,7H2,1H3. The SMILES string of the molecule is CCN1CCOCn2cnc3ncnc1c32. The molecule has 6 heteroatoms. The lowest BCUT2D eigenvalue weighted by atomic mass is 10.4. The summed E-state index contributed by atoms with van der Waals surface area (Å²) in [6, 6.07) is 0. The topological polar surface area (TPSA) is 56.1 Å². The van der Waals surface area contributed by atoms with Gasteiger partial charge in [0.1, 0.15) is 18.6 Å². The first-order valence-electron chi connectivity index (χ1n) is 5.38. The van der Waals surface area contributed by atoms with Crippen LogP contribution in [0.3, 0.4) is 0 Å². The number of hydrogen-bond acceptors (Lipinski definition) is 5. The molecule has 0 aliphatic carbocycles. The molecule has 0 bridgehead atoms. The Morgan fingerprint density at radius 2 is 2.31 bits per heavy atom. The molecule has 3 heterocycles. The van der Waals surface area contributed by atoms with Gasteiger partial charge < -0.3 is 14.2 Å². The van der Waals surface area contributed by atoms with Crippen LogP contribution in [-0.4, -0.2) is 39.2 Å². The van der Waals surface area contributed by atoms with Gasteiger partial charge >= 0.3 is 0 Å². The van der Waals surface area contributed by atoms with Gasteiger partial charge in [-0.2, -0.15) is 0 Å². The Kier molecular flexibility index (Phi) is 2.21. The second-order valence-electron chi connectivity index (χ2n) is 3.70. The normalized spacial score (nSPS) is 16.2. The number of rotatable bonds is 1. The van der Waals surface area contributed by atoms with E-state index in [1.54, 1.807) is 12.7 Å². The highest BCUT2D eigenvalue weighted by Crippen LogP contribution is 2.23. The zero-order valence-electron chi connectivity index (χ0n) is 9.13. The maximum absolute atomic E-state index is 5.54. The zero-order chi connectivity index (χ0) is 11.0. The predicted octanol–water partition coefficient (Wildman–Crippen LogP) is 0.640. The fourth-order valence-corrected chi connectivity index (χ4v) is 1.97. The van der Waals surface area contributed by atoms with E-state index in [1.807, 2.05) is 4.57 Å². The number of hydrogen-bond donors (Lipinski definition) is 0. The lowest BCUT2D eigenvalue weighted by molar-refractivity contribution is 0.0829. The molecular weight excluding hydrogens is 206 g/mol. The van der Waals surface area contributed by atoms with E-state index in [0.717, 1.165) is 30.1 Å². The molecule has 0 radical (unpaired) electrons. The van der Waals surface area contributed by atoms with Crippen LogP contribution in [0.25, 0.3) is 11.2 Å². The predicted molar refractivity (Wildman–Crippen MR) is 59.2 cm³/mol. The summed E-state index contributed by atoms with van der Waals surface area (Å²) in [5.74, 6) is 0.952. The molecular formula is C10H13N5O. The van der Waals surface area contributed by atoms with Crippen LogP contribution in [0, 0.1) is 0 Å². The Morgan fingerprint density at radius 3 is 3.19 bits per heavy atom. The van der Waals surface area contributed by atoms with Gasteiger partial charge in [0.05, 0.1) is 12.9 Å². The number of imidazole rings is 1. The van der Waals surface area contributed by atoms with Crippen LogP contribution >= 0.6 is 0 Å². The van der Waals surface area contributed by atoms with Gasteiger partial charge in [0.2, 0.25) is 0 Å². The summed E-state index contributed by atoms with van der Waals surface area (Å²) >= 11 is 0. The van der Waals surface area contributed by atoms with Crippen molar-refractivity contribution >= 4 is 17.0 Å². The Labute approximate surface area is 92.9 Å². The number of ether oxygens (including phenoxy) is 1. The van der Waals surface area contributed by atoms with Crippen molar-refractivity contribution in [3.8, 4) is 0 Å². The van der Waals surface area contributed by atoms with Crippen molar-refractivity contribution in [2.24, 2.45) is 0 Å². The molecule has 1 aliphatic rings. The summed E-state index contributed by atoms with van der Waals surface area (Å²) in [5, 5.41) is 0. The van der Waals surface area contributed by atoms with Crippen LogP contribution < -0.4 is 4.90 Å². The highest BCUT2D eigenvalue weighted by molar-refractivity contribution is 5.83. The van der Waals surface area contributed by atoms with E-state index in [-0.39, 0.29) is 0 Å². The number of nitrogens with zero attached hydrogens (tertiary/aromatic N) is 5. The number of likely N-dealkylation sites (N-methyl/N-ethyl adjacent to an activating group) is 1. The highest BCUT2D eigenvalue weighted by Gasteiger charge is 2.17. The molecule has 0 spiro atoms. The van der Waals surface area contributed by atoms with Crippen LogP contribution in [0.15, 0.2) is 12.7 Å². The van der Waals surface area contributed by atoms with Crippen molar-refractivity contribution in [2.75, 3.05) is 24.6 Å². The smallest absolute Gasteiger partial charge is 0.183 e. The lowest BCUT2D eigenvalue weighted by Crippen LogP contribution is -2.30. The van der Waals surface area contributed by atoms with Gasteiger partial charge in [-0.1, -0.05) is 0 Å². The molecule has 2 aromatic rings. The van der Waals surface area contributed by atoms with E-state index in [9.17, 15) is 0 Å². The van der Waals surface area contributed by atoms with Crippen molar-refractivity contribution < 1.29 is 4.74 Å². The molecule has 2 aromatic heterocycles. The number of aromatic nitrogens is 4. The van der Waals surface area contributed by atoms with Gasteiger partial charge in [-0.15, -0.1) is 0 Å². The highest BCUT2D eigenvalue weighted by atomic mass is 16.5. The van der Waals surface area contributed by atoms with Crippen molar-refractivity contribution in [1.29, 1.82) is 0 Å². The van der Waals surface area contributed by atoms with Gasteiger partial charge in [-0.05, 0) is 6.92 Å². The van der Waals surface area contributed by atoms with E-state index in [1.165, 1.54) is 0 Å². The van der Waals surface area contributed by atoms with E-state index >= 15 is 0 Å². The van der Waals surface area contributed by atoms with Crippen molar-refractivity contribution in [2.45, 2.75) is 13.7 Å². The Bertz CT molecular complexity index is 509. The van der Waals surface area contributed by atoms with Gasteiger partial charge in [-0.25, -0.2) is 15.0 Å². The molecule has 0 amide bonds. The Morgan fingerprint density at radius 1 is 1.38 bits per heavy atom. The van der Waals surface area contributed by atoms with Crippen molar-refractivity contribution in [1.82, 2.24) is 19.5 Å². The maximum atomic E-state index is 5.54. The molecule has 0 atom stereocenters. The van der Waals surface area contributed by atoms with Crippen LogP contribution in [0.1, 0.15) is 6.92 Å². The van der Waals surface area contributed by atoms with Gasteiger partial charge in [0.15, 0.2) is 11.5 Å². The summed E-state index contributed by atoms with van der Waals surface area (Å²) < 4.78 is 7.49. The van der Waals surface area contributed by atoms with Gasteiger partial charge in [0, 0.05) is 13.1 Å². The van der Waals surface area contributed by atoms with Crippen molar-refractivity contribution in [3.63, 3.8) is 0 Å². The first-order valence-corrected chi connectivity index (χ1v) is 5.38. The minimum atomic E-state index is 0.522. The fourth-order valence-electron chi connectivity index (χ4n) is 1.97. The van der Waals surface area contributed by atoms with Crippen LogP contribution in [0.2, 0.25) is 0 Å². The van der Waals surface area contributed by atoms with Crippen molar-refractivity contribution in [3.05, 3.63) is 12.7 Å². The summed E-state index contributed by atoms with van der Waals surface area (Å²) in [4.78, 5) is 15.0. The fraction of sp³-hybridized carbons (Fsp3) is 0.500. The summed E-state index contributed by atoms with van der Waals surface area (Å²) in [6.45, 7) is 5.09. The van der Waals surface area contributed by atoms with Crippen LogP contribution in [0.4, 0.5) is 5.82 Å². The average molecular weight is 219 g/mol. The summed E-state index contributed by atoms with van der Waals surface area (Å²) in [7, 11) is 0. The van der Waals surface area contributed by atoms with Gasteiger partial charge in [0.25, 0.3) is 0 Å². The van der Waals surface area contributed by atoms with Crippen LogP contribution in [-0.2, 0) is 11.5 Å². The third-order valence-electron chi connectivity index (χ3n) is 2.81. The third-order valence-corrected chi connectivity index (χ3v) is 2.81. The largest absolute Gasteiger partial charge is 0.359 e. The van der Waals surface area contributed by atoms with Crippen LogP contribution in [0.5, 0.6) is 0 Å².